The van der Waals surface area contributed by atoms with Crippen molar-refractivity contribution in [1.82, 2.24) is 4.72 Å². The molecule has 4 nitrogen and oxygen atoms in total. The number of sulfonamides is 1. The molecule has 0 spiro atoms. The first-order valence-corrected chi connectivity index (χ1v) is 9.06. The minimum absolute atomic E-state index is 0.0186. The summed E-state index contributed by atoms with van der Waals surface area (Å²) in [4.78, 5) is 0.101. The minimum atomic E-state index is -3.61. The summed E-state index contributed by atoms with van der Waals surface area (Å²) in [5.41, 5.74) is 0.176. The van der Waals surface area contributed by atoms with E-state index in [0.29, 0.717) is 5.92 Å². The maximum atomic E-state index is 12.5. The van der Waals surface area contributed by atoms with Gasteiger partial charge in [-0.1, -0.05) is 37.8 Å². The molecule has 1 aromatic carbocycles. The summed E-state index contributed by atoms with van der Waals surface area (Å²) in [6, 6.07) is 6.11. The maximum Gasteiger partial charge on any atom is 0.240 e. The molecule has 0 bridgehead atoms. The summed E-state index contributed by atoms with van der Waals surface area (Å²) in [7, 11) is -3.61. The van der Waals surface area contributed by atoms with Crippen LogP contribution in [0.4, 0.5) is 0 Å². The summed E-state index contributed by atoms with van der Waals surface area (Å²) in [5, 5.41) is 9.22. The average Bonchev–Trinajstić information content (AvgIpc) is 2.47. The number of hydrogen-bond acceptors (Lipinski definition) is 3. The van der Waals surface area contributed by atoms with Crippen molar-refractivity contribution < 1.29 is 8.42 Å². The molecule has 1 saturated carbocycles. The zero-order valence-corrected chi connectivity index (χ0v) is 13.5. The van der Waals surface area contributed by atoms with Crippen LogP contribution in [0.3, 0.4) is 0 Å². The Balaban J connectivity index is 2.24. The molecule has 0 saturated heterocycles. The van der Waals surface area contributed by atoms with Crippen molar-refractivity contribution >= 4 is 21.6 Å². The van der Waals surface area contributed by atoms with Gasteiger partial charge in [0.1, 0.15) is 6.07 Å². The zero-order valence-electron chi connectivity index (χ0n) is 12.0. The molecular formula is C15H19ClN2O2S. The number of rotatable bonds is 4. The van der Waals surface area contributed by atoms with Crippen LogP contribution < -0.4 is 4.72 Å². The van der Waals surface area contributed by atoms with Crippen LogP contribution in [-0.2, 0) is 10.0 Å². The molecule has 2 atom stereocenters. The smallest absolute Gasteiger partial charge is 0.208 e. The number of nitrogens with zero attached hydrogens (tertiary/aromatic N) is 1. The van der Waals surface area contributed by atoms with Crippen LogP contribution in [0.15, 0.2) is 23.1 Å². The van der Waals surface area contributed by atoms with E-state index in [-0.39, 0.29) is 21.5 Å². The van der Waals surface area contributed by atoms with E-state index in [0.717, 1.165) is 32.1 Å². The first-order valence-electron chi connectivity index (χ1n) is 7.20. The highest BCUT2D eigenvalue weighted by Gasteiger charge is 2.28. The lowest BCUT2D eigenvalue weighted by molar-refractivity contribution is 0.282. The van der Waals surface area contributed by atoms with E-state index in [4.69, 9.17) is 16.9 Å². The summed E-state index contributed by atoms with van der Waals surface area (Å²) in [5.74, 6) is 0.385. The second kappa shape index (κ2) is 6.78. The van der Waals surface area contributed by atoms with Gasteiger partial charge in [-0.15, -0.1) is 0 Å². The Labute approximate surface area is 131 Å². The molecule has 0 radical (unpaired) electrons. The normalized spacial score (nSPS) is 22.7. The number of halogens is 1. The maximum absolute atomic E-state index is 12.5. The van der Waals surface area contributed by atoms with Crippen LogP contribution in [0, 0.1) is 17.2 Å². The Bertz CT molecular complexity index is 652. The van der Waals surface area contributed by atoms with E-state index in [1.807, 2.05) is 6.07 Å². The minimum Gasteiger partial charge on any atom is -0.208 e. The summed E-state index contributed by atoms with van der Waals surface area (Å²) in [6.45, 7) is 2.09. The predicted molar refractivity (Wildman–Crippen MR) is 82.5 cm³/mol. The Morgan fingerprint density at radius 1 is 1.38 bits per heavy atom. The summed E-state index contributed by atoms with van der Waals surface area (Å²) >= 11 is 5.85. The quantitative estimate of drug-likeness (QED) is 0.921. The molecule has 1 aliphatic carbocycles. The fourth-order valence-corrected chi connectivity index (χ4v) is 4.40. The highest BCUT2D eigenvalue weighted by Crippen LogP contribution is 2.28. The molecule has 1 aromatic rings. The monoisotopic (exact) mass is 326 g/mol. The standard InChI is InChI=1S/C15H19ClN2O2S/c1-2-11-5-3-4-6-15(11)18-21(19,20)13-7-8-14(16)12(9-13)10-17/h7-9,11,15,18H,2-6H2,1H3. The van der Waals surface area contributed by atoms with Crippen LogP contribution in [0.5, 0.6) is 0 Å². The molecule has 0 aromatic heterocycles. The van der Waals surface area contributed by atoms with Crippen LogP contribution in [0.2, 0.25) is 5.02 Å². The van der Waals surface area contributed by atoms with Gasteiger partial charge in [-0.3, -0.25) is 0 Å². The molecule has 1 fully saturated rings. The molecule has 0 heterocycles. The third kappa shape index (κ3) is 3.76. The number of benzene rings is 1. The molecule has 6 heteroatoms. The highest BCUT2D eigenvalue weighted by molar-refractivity contribution is 7.89. The van der Waals surface area contributed by atoms with Crippen LogP contribution >= 0.6 is 11.6 Å². The molecule has 0 aliphatic heterocycles. The SMILES string of the molecule is CCC1CCCCC1NS(=O)(=O)c1ccc(Cl)c(C#N)c1. The van der Waals surface area contributed by atoms with Crippen molar-refractivity contribution in [2.45, 2.75) is 50.0 Å². The van der Waals surface area contributed by atoms with Crippen molar-refractivity contribution in [1.29, 1.82) is 5.26 Å². The van der Waals surface area contributed by atoms with E-state index in [1.54, 1.807) is 0 Å². The number of nitrogens with one attached hydrogen (secondary N) is 1. The van der Waals surface area contributed by atoms with Crippen LogP contribution in [0.1, 0.15) is 44.6 Å². The largest absolute Gasteiger partial charge is 0.240 e. The molecule has 2 unspecified atom stereocenters. The number of hydrogen-bond donors (Lipinski definition) is 1. The van der Waals surface area contributed by atoms with Gasteiger partial charge < -0.3 is 0 Å². The molecule has 114 valence electrons. The van der Waals surface area contributed by atoms with Gasteiger partial charge >= 0.3 is 0 Å². The first-order chi connectivity index (χ1) is 9.97. The Morgan fingerprint density at radius 2 is 2.10 bits per heavy atom. The fraction of sp³-hybridized carbons (Fsp3) is 0.533. The van der Waals surface area contributed by atoms with Gasteiger partial charge in [0.05, 0.1) is 15.5 Å². The molecular weight excluding hydrogens is 308 g/mol. The predicted octanol–water partition coefficient (Wildman–Crippen LogP) is 3.46. The molecule has 1 aliphatic rings. The van der Waals surface area contributed by atoms with Crippen molar-refractivity contribution in [3.05, 3.63) is 28.8 Å². The molecule has 1 N–H and O–H groups in total. The topological polar surface area (TPSA) is 70.0 Å². The van der Waals surface area contributed by atoms with E-state index in [2.05, 4.69) is 11.6 Å². The van der Waals surface area contributed by atoms with E-state index >= 15 is 0 Å². The second-order valence-electron chi connectivity index (χ2n) is 5.43. The highest BCUT2D eigenvalue weighted by atomic mass is 35.5. The lowest BCUT2D eigenvalue weighted by atomic mass is 9.83. The van der Waals surface area contributed by atoms with Gasteiger partial charge in [-0.05, 0) is 37.0 Å². The van der Waals surface area contributed by atoms with Gasteiger partial charge in [-0.25, -0.2) is 13.1 Å². The van der Waals surface area contributed by atoms with Crippen molar-refractivity contribution in [3.63, 3.8) is 0 Å². The Kier molecular flexibility index (Phi) is 5.26. The fourth-order valence-electron chi connectivity index (χ4n) is 2.88. The van der Waals surface area contributed by atoms with Crippen molar-refractivity contribution in [2.24, 2.45) is 5.92 Å². The molecule has 0 amide bonds. The van der Waals surface area contributed by atoms with Crippen LogP contribution in [-0.4, -0.2) is 14.5 Å². The average molecular weight is 327 g/mol. The lowest BCUT2D eigenvalue weighted by Gasteiger charge is -2.31. The van der Waals surface area contributed by atoms with Crippen molar-refractivity contribution in [2.75, 3.05) is 0 Å². The van der Waals surface area contributed by atoms with Gasteiger partial charge in [0.2, 0.25) is 10.0 Å². The van der Waals surface area contributed by atoms with E-state index in [9.17, 15) is 8.42 Å². The van der Waals surface area contributed by atoms with Gasteiger partial charge in [-0.2, -0.15) is 5.26 Å². The van der Waals surface area contributed by atoms with Gasteiger partial charge in [0.15, 0.2) is 0 Å². The van der Waals surface area contributed by atoms with E-state index in [1.165, 1.54) is 18.2 Å². The Morgan fingerprint density at radius 3 is 2.76 bits per heavy atom. The van der Waals surface area contributed by atoms with Crippen molar-refractivity contribution in [3.8, 4) is 6.07 Å². The van der Waals surface area contributed by atoms with E-state index < -0.39 is 10.0 Å². The first kappa shape index (κ1) is 16.3. The van der Waals surface area contributed by atoms with Gasteiger partial charge in [0.25, 0.3) is 0 Å². The Hall–Kier alpha value is -1.09. The zero-order chi connectivity index (χ0) is 15.5. The third-order valence-electron chi connectivity index (χ3n) is 4.11. The lowest BCUT2D eigenvalue weighted by Crippen LogP contribution is -2.41. The third-order valence-corrected chi connectivity index (χ3v) is 5.93. The molecule has 2 rings (SSSR count). The number of nitriles is 1. The molecule has 21 heavy (non-hydrogen) atoms. The summed E-state index contributed by atoms with van der Waals surface area (Å²) < 4.78 is 27.8. The summed E-state index contributed by atoms with van der Waals surface area (Å²) in [6.07, 6.45) is 5.12. The second-order valence-corrected chi connectivity index (χ2v) is 7.56. The van der Waals surface area contributed by atoms with Gasteiger partial charge in [0, 0.05) is 6.04 Å². The van der Waals surface area contributed by atoms with Crippen LogP contribution in [0.25, 0.3) is 0 Å².